The van der Waals surface area contributed by atoms with Crippen LogP contribution in [0.2, 0.25) is 0 Å². The molecule has 0 radical (unpaired) electrons. The van der Waals surface area contributed by atoms with Gasteiger partial charge in [0.15, 0.2) is 0 Å². The Balaban J connectivity index is 2.38. The maximum atomic E-state index is 5.56. The van der Waals surface area contributed by atoms with Crippen LogP contribution < -0.4 is 10.1 Å². The topological polar surface area (TPSA) is 47.0 Å². The van der Waals surface area contributed by atoms with E-state index >= 15 is 0 Å². The fourth-order valence-electron chi connectivity index (χ4n) is 1.38. The molecule has 16 heavy (non-hydrogen) atoms. The molecule has 0 saturated heterocycles. The average molecular weight is 223 g/mol. The summed E-state index contributed by atoms with van der Waals surface area (Å²) in [6, 6.07) is 1.91. The molecule has 0 fully saturated rings. The van der Waals surface area contributed by atoms with Crippen LogP contribution in [-0.4, -0.2) is 29.7 Å². The minimum absolute atomic E-state index is 0.652. The zero-order chi connectivity index (χ0) is 11.8. The molecule has 0 atom stereocenters. The molecule has 0 amide bonds. The van der Waals surface area contributed by atoms with E-state index in [9.17, 15) is 0 Å². The summed E-state index contributed by atoms with van der Waals surface area (Å²) in [4.78, 5) is 8.54. The number of aryl methyl sites for hydroxylation is 2. The van der Waals surface area contributed by atoms with Crippen molar-refractivity contribution in [1.29, 1.82) is 0 Å². The van der Waals surface area contributed by atoms with Gasteiger partial charge in [0.2, 0.25) is 5.88 Å². The largest absolute Gasteiger partial charge is 0.476 e. The molecule has 4 nitrogen and oxygen atoms in total. The quantitative estimate of drug-likeness (QED) is 0.715. The number of hydrogen-bond donors (Lipinski definition) is 1. The van der Waals surface area contributed by atoms with Crippen molar-refractivity contribution in [1.82, 2.24) is 15.3 Å². The lowest BCUT2D eigenvalue weighted by atomic mass is 10.3. The van der Waals surface area contributed by atoms with Gasteiger partial charge in [0.25, 0.3) is 0 Å². The van der Waals surface area contributed by atoms with Gasteiger partial charge in [0.1, 0.15) is 12.4 Å². The van der Waals surface area contributed by atoms with E-state index in [0.29, 0.717) is 12.5 Å². The van der Waals surface area contributed by atoms with Crippen molar-refractivity contribution in [2.24, 2.45) is 0 Å². The lowest BCUT2D eigenvalue weighted by Crippen LogP contribution is -2.21. The first kappa shape index (κ1) is 12.9. The van der Waals surface area contributed by atoms with Gasteiger partial charge in [0.05, 0.1) is 0 Å². The van der Waals surface area contributed by atoms with E-state index < -0.39 is 0 Å². The Kier molecular flexibility index (Phi) is 5.78. The molecule has 1 heterocycles. The molecule has 0 aromatic carbocycles. The average Bonchev–Trinajstić information content (AvgIpc) is 2.28. The number of aromatic nitrogens is 2. The van der Waals surface area contributed by atoms with Crippen molar-refractivity contribution in [3.63, 3.8) is 0 Å². The van der Waals surface area contributed by atoms with Gasteiger partial charge in [-0.1, -0.05) is 13.8 Å². The van der Waals surface area contributed by atoms with Crippen LogP contribution in [0.1, 0.15) is 31.8 Å². The van der Waals surface area contributed by atoms with Crippen LogP contribution >= 0.6 is 0 Å². The smallest absolute Gasteiger partial charge is 0.216 e. The second-order valence-electron chi connectivity index (χ2n) is 3.70. The number of nitrogens with one attached hydrogen (secondary N) is 1. The van der Waals surface area contributed by atoms with Crippen molar-refractivity contribution in [3.8, 4) is 5.88 Å². The third-order valence-electron chi connectivity index (χ3n) is 2.19. The molecule has 90 valence electrons. The lowest BCUT2D eigenvalue weighted by molar-refractivity contribution is 0.301. The summed E-state index contributed by atoms with van der Waals surface area (Å²) in [5, 5.41) is 3.28. The van der Waals surface area contributed by atoms with Crippen LogP contribution in [0.4, 0.5) is 0 Å². The van der Waals surface area contributed by atoms with Crippen molar-refractivity contribution in [2.45, 2.75) is 33.6 Å². The third kappa shape index (κ3) is 4.57. The molecule has 1 rings (SSSR count). The summed E-state index contributed by atoms with van der Waals surface area (Å²) < 4.78 is 5.56. The Labute approximate surface area is 97.5 Å². The molecule has 0 aliphatic rings. The highest BCUT2D eigenvalue weighted by Gasteiger charge is 2.00. The molecule has 4 heteroatoms. The van der Waals surface area contributed by atoms with Gasteiger partial charge in [-0.25, -0.2) is 4.98 Å². The summed E-state index contributed by atoms with van der Waals surface area (Å²) >= 11 is 0. The Morgan fingerprint density at radius 2 is 2.06 bits per heavy atom. The van der Waals surface area contributed by atoms with Crippen molar-refractivity contribution < 1.29 is 4.74 Å². The minimum atomic E-state index is 0.652. The molecule has 0 spiro atoms. The molecule has 0 saturated carbocycles. The van der Waals surface area contributed by atoms with E-state index in [-0.39, 0.29) is 0 Å². The molecule has 0 aliphatic carbocycles. The van der Waals surface area contributed by atoms with E-state index in [1.807, 2.05) is 13.0 Å². The predicted octanol–water partition coefficient (Wildman–Crippen LogP) is 1.73. The van der Waals surface area contributed by atoms with Crippen molar-refractivity contribution in [2.75, 3.05) is 19.7 Å². The first-order valence-corrected chi connectivity index (χ1v) is 5.94. The molecule has 1 aromatic heterocycles. The van der Waals surface area contributed by atoms with Gasteiger partial charge in [-0.15, -0.1) is 0 Å². The minimum Gasteiger partial charge on any atom is -0.476 e. The molecular weight excluding hydrogens is 202 g/mol. The molecule has 0 bridgehead atoms. The summed E-state index contributed by atoms with van der Waals surface area (Å²) in [7, 11) is 0. The molecule has 0 aliphatic heterocycles. The van der Waals surface area contributed by atoms with Gasteiger partial charge in [-0.3, -0.25) is 0 Å². The van der Waals surface area contributed by atoms with E-state index in [0.717, 1.165) is 37.4 Å². The molecule has 0 unspecified atom stereocenters. The summed E-state index contributed by atoms with van der Waals surface area (Å²) in [6.45, 7) is 8.66. The lowest BCUT2D eigenvalue weighted by Gasteiger charge is -2.07. The monoisotopic (exact) mass is 223 g/mol. The summed E-state index contributed by atoms with van der Waals surface area (Å²) in [5.74, 6) is 1.46. The van der Waals surface area contributed by atoms with Gasteiger partial charge in [0, 0.05) is 18.3 Å². The highest BCUT2D eigenvalue weighted by atomic mass is 16.5. The fourth-order valence-corrected chi connectivity index (χ4v) is 1.38. The zero-order valence-electron chi connectivity index (χ0n) is 10.4. The standard InChI is InChI=1S/C12H21N3O/c1-4-6-13-7-8-16-12-9-11(5-2)14-10(3)15-12/h9,13H,4-8H2,1-3H3. The molecule has 1 N–H and O–H groups in total. The SMILES string of the molecule is CCCNCCOc1cc(CC)nc(C)n1. The first-order chi connectivity index (χ1) is 7.76. The first-order valence-electron chi connectivity index (χ1n) is 5.94. The predicted molar refractivity (Wildman–Crippen MR) is 64.8 cm³/mol. The number of nitrogens with zero attached hydrogens (tertiary/aromatic N) is 2. The van der Waals surface area contributed by atoms with Gasteiger partial charge < -0.3 is 10.1 Å². The van der Waals surface area contributed by atoms with Crippen LogP contribution in [0.15, 0.2) is 6.07 Å². The summed E-state index contributed by atoms with van der Waals surface area (Å²) in [6.07, 6.45) is 2.06. The number of ether oxygens (including phenoxy) is 1. The number of rotatable bonds is 7. The Morgan fingerprint density at radius 3 is 2.75 bits per heavy atom. The van der Waals surface area contributed by atoms with Gasteiger partial charge in [-0.05, 0) is 26.3 Å². The van der Waals surface area contributed by atoms with E-state index in [1.165, 1.54) is 0 Å². The summed E-state index contributed by atoms with van der Waals surface area (Å²) in [5.41, 5.74) is 1.03. The number of hydrogen-bond acceptors (Lipinski definition) is 4. The highest BCUT2D eigenvalue weighted by Crippen LogP contribution is 2.09. The zero-order valence-corrected chi connectivity index (χ0v) is 10.4. The van der Waals surface area contributed by atoms with Crippen molar-refractivity contribution >= 4 is 0 Å². The van der Waals surface area contributed by atoms with Crippen LogP contribution in [0, 0.1) is 6.92 Å². The Morgan fingerprint density at radius 1 is 1.25 bits per heavy atom. The fraction of sp³-hybridized carbons (Fsp3) is 0.667. The Hall–Kier alpha value is -1.16. The second kappa shape index (κ2) is 7.17. The third-order valence-corrected chi connectivity index (χ3v) is 2.19. The van der Waals surface area contributed by atoms with Crippen LogP contribution in [0.3, 0.4) is 0 Å². The second-order valence-corrected chi connectivity index (χ2v) is 3.70. The maximum Gasteiger partial charge on any atom is 0.216 e. The maximum absolute atomic E-state index is 5.56. The highest BCUT2D eigenvalue weighted by molar-refractivity contribution is 5.15. The van der Waals surface area contributed by atoms with E-state index in [1.54, 1.807) is 0 Å². The molecule has 1 aromatic rings. The van der Waals surface area contributed by atoms with Crippen LogP contribution in [-0.2, 0) is 6.42 Å². The van der Waals surface area contributed by atoms with E-state index in [2.05, 4.69) is 29.1 Å². The van der Waals surface area contributed by atoms with E-state index in [4.69, 9.17) is 4.74 Å². The Bertz CT molecular complexity index is 315. The van der Waals surface area contributed by atoms with Crippen LogP contribution in [0.25, 0.3) is 0 Å². The normalized spacial score (nSPS) is 10.4. The van der Waals surface area contributed by atoms with Gasteiger partial charge in [-0.2, -0.15) is 4.98 Å². The molecular formula is C12H21N3O. The van der Waals surface area contributed by atoms with Crippen molar-refractivity contribution in [3.05, 3.63) is 17.6 Å². The van der Waals surface area contributed by atoms with Gasteiger partial charge >= 0.3 is 0 Å². The van der Waals surface area contributed by atoms with Crippen LogP contribution in [0.5, 0.6) is 5.88 Å².